The molecule has 8 aromatic rings. The van der Waals surface area contributed by atoms with Gasteiger partial charge in [-0.2, -0.15) is 0 Å². The summed E-state index contributed by atoms with van der Waals surface area (Å²) in [7, 11) is 0. The van der Waals surface area contributed by atoms with E-state index in [-0.39, 0.29) is 5.41 Å². The number of aromatic nitrogens is 1. The van der Waals surface area contributed by atoms with Gasteiger partial charge in [0.25, 0.3) is 0 Å². The van der Waals surface area contributed by atoms with Crippen molar-refractivity contribution in [3.63, 3.8) is 0 Å². The standard InChI is InChI=1S/C42H34N2/c1-42(2,3)29-23-21-28(22-24-29)40-33-16-7-9-18-35(33)41(36-19-10-8-17-34(36)40)44(30-13-5-4-6-14-30)31-25-26-39-37(27-31)32-15-11-12-20-38(32)43-39/h4-27,43H,1-3H3. The van der Waals surface area contributed by atoms with Crippen LogP contribution < -0.4 is 4.90 Å². The zero-order chi connectivity index (χ0) is 29.8. The van der Waals surface area contributed by atoms with Gasteiger partial charge in [-0.25, -0.2) is 0 Å². The Morgan fingerprint density at radius 2 is 1.00 bits per heavy atom. The summed E-state index contributed by atoms with van der Waals surface area (Å²) in [6.45, 7) is 6.81. The van der Waals surface area contributed by atoms with E-state index in [0.29, 0.717) is 0 Å². The quantitative estimate of drug-likeness (QED) is 0.210. The molecule has 0 atom stereocenters. The first-order valence-corrected chi connectivity index (χ1v) is 15.4. The van der Waals surface area contributed by atoms with Crippen molar-refractivity contribution in [2.75, 3.05) is 4.90 Å². The second-order valence-electron chi connectivity index (χ2n) is 12.7. The lowest BCUT2D eigenvalue weighted by atomic mass is 9.85. The van der Waals surface area contributed by atoms with Gasteiger partial charge >= 0.3 is 0 Å². The molecule has 0 aliphatic carbocycles. The van der Waals surface area contributed by atoms with Crippen molar-refractivity contribution in [2.24, 2.45) is 0 Å². The topological polar surface area (TPSA) is 19.0 Å². The molecule has 1 heterocycles. The van der Waals surface area contributed by atoms with E-state index >= 15 is 0 Å². The molecule has 0 saturated heterocycles. The van der Waals surface area contributed by atoms with E-state index in [9.17, 15) is 0 Å². The van der Waals surface area contributed by atoms with E-state index in [0.717, 1.165) is 22.4 Å². The second-order valence-corrected chi connectivity index (χ2v) is 12.7. The number of anilines is 3. The molecule has 1 N–H and O–H groups in total. The predicted molar refractivity (Wildman–Crippen MR) is 190 cm³/mol. The van der Waals surface area contributed by atoms with Crippen molar-refractivity contribution in [1.82, 2.24) is 4.98 Å². The predicted octanol–water partition coefficient (Wildman–Crippen LogP) is 12.1. The molecule has 0 aliphatic heterocycles. The highest BCUT2D eigenvalue weighted by atomic mass is 15.1. The first-order chi connectivity index (χ1) is 21.5. The van der Waals surface area contributed by atoms with Crippen LogP contribution in [0.5, 0.6) is 0 Å². The summed E-state index contributed by atoms with van der Waals surface area (Å²) in [4.78, 5) is 6.05. The van der Waals surface area contributed by atoms with Crippen molar-refractivity contribution < 1.29 is 0 Å². The van der Waals surface area contributed by atoms with E-state index in [1.165, 1.54) is 54.7 Å². The minimum Gasteiger partial charge on any atom is -0.355 e. The Morgan fingerprint density at radius 3 is 1.64 bits per heavy atom. The fourth-order valence-electron chi connectivity index (χ4n) is 6.75. The largest absolute Gasteiger partial charge is 0.355 e. The Balaban J connectivity index is 1.45. The van der Waals surface area contributed by atoms with Gasteiger partial charge in [-0.15, -0.1) is 0 Å². The van der Waals surface area contributed by atoms with Gasteiger partial charge in [0.2, 0.25) is 0 Å². The number of rotatable bonds is 4. The highest BCUT2D eigenvalue weighted by molar-refractivity contribution is 6.22. The summed E-state index contributed by atoms with van der Waals surface area (Å²) in [5.74, 6) is 0. The second kappa shape index (κ2) is 10.1. The van der Waals surface area contributed by atoms with Crippen LogP contribution in [0.25, 0.3) is 54.5 Å². The number of aromatic amines is 1. The minimum atomic E-state index is 0.106. The van der Waals surface area contributed by atoms with E-state index < -0.39 is 0 Å². The van der Waals surface area contributed by atoms with Gasteiger partial charge in [-0.1, -0.05) is 130 Å². The van der Waals surface area contributed by atoms with Gasteiger partial charge in [0.15, 0.2) is 0 Å². The van der Waals surface area contributed by atoms with Crippen LogP contribution in [0.15, 0.2) is 146 Å². The van der Waals surface area contributed by atoms with Crippen molar-refractivity contribution in [2.45, 2.75) is 26.2 Å². The van der Waals surface area contributed by atoms with Crippen molar-refractivity contribution in [1.29, 1.82) is 0 Å². The van der Waals surface area contributed by atoms with E-state index in [2.05, 4.69) is 176 Å². The van der Waals surface area contributed by atoms with Crippen LogP contribution in [0.3, 0.4) is 0 Å². The molecule has 0 spiro atoms. The van der Waals surface area contributed by atoms with Gasteiger partial charge in [-0.05, 0) is 69.3 Å². The van der Waals surface area contributed by atoms with Crippen LogP contribution in [0.4, 0.5) is 17.1 Å². The molecule has 0 fully saturated rings. The van der Waals surface area contributed by atoms with E-state index in [1.807, 2.05) is 0 Å². The lowest BCUT2D eigenvalue weighted by Gasteiger charge is -2.29. The molecule has 212 valence electrons. The smallest absolute Gasteiger partial charge is 0.0618 e. The molecule has 0 unspecified atom stereocenters. The first kappa shape index (κ1) is 26.3. The average Bonchev–Trinajstić information content (AvgIpc) is 3.43. The molecule has 7 aromatic carbocycles. The Kier molecular flexibility index (Phi) is 6.06. The van der Waals surface area contributed by atoms with E-state index in [4.69, 9.17) is 0 Å². The van der Waals surface area contributed by atoms with Gasteiger partial charge in [0, 0.05) is 44.0 Å². The number of nitrogens with one attached hydrogen (secondary N) is 1. The number of hydrogen-bond acceptors (Lipinski definition) is 1. The summed E-state index contributed by atoms with van der Waals surface area (Å²) in [5.41, 5.74) is 9.72. The summed E-state index contributed by atoms with van der Waals surface area (Å²) in [5, 5.41) is 7.41. The number of fused-ring (bicyclic) bond motifs is 5. The molecule has 0 radical (unpaired) electrons. The third-order valence-corrected chi connectivity index (χ3v) is 8.93. The van der Waals surface area contributed by atoms with Crippen molar-refractivity contribution in [3.8, 4) is 11.1 Å². The molecule has 0 saturated carbocycles. The third kappa shape index (κ3) is 4.26. The molecular formula is C42H34N2. The average molecular weight is 567 g/mol. The first-order valence-electron chi connectivity index (χ1n) is 15.4. The van der Waals surface area contributed by atoms with Crippen LogP contribution in [0.2, 0.25) is 0 Å². The maximum atomic E-state index is 3.60. The lowest BCUT2D eigenvalue weighted by molar-refractivity contribution is 0.590. The van der Waals surface area contributed by atoms with Gasteiger partial charge in [-0.3, -0.25) is 0 Å². The zero-order valence-corrected chi connectivity index (χ0v) is 25.3. The van der Waals surface area contributed by atoms with Crippen molar-refractivity contribution >= 4 is 60.4 Å². The number of nitrogens with zero attached hydrogens (tertiary/aromatic N) is 1. The molecular weight excluding hydrogens is 532 g/mol. The fourth-order valence-corrected chi connectivity index (χ4v) is 6.75. The SMILES string of the molecule is CC(C)(C)c1ccc(-c2c3ccccc3c(N(c3ccccc3)c3ccc4[nH]c5ccccc5c4c3)c3ccccc23)cc1. The van der Waals surface area contributed by atoms with Gasteiger partial charge < -0.3 is 9.88 Å². The molecule has 44 heavy (non-hydrogen) atoms. The highest BCUT2D eigenvalue weighted by Gasteiger charge is 2.23. The summed E-state index contributed by atoms with van der Waals surface area (Å²) < 4.78 is 0. The Bertz CT molecular complexity index is 2250. The molecule has 0 aliphatic rings. The zero-order valence-electron chi connectivity index (χ0n) is 25.3. The summed E-state index contributed by atoms with van der Waals surface area (Å²) in [6.07, 6.45) is 0. The van der Waals surface area contributed by atoms with Crippen LogP contribution in [0.1, 0.15) is 26.3 Å². The molecule has 8 rings (SSSR count). The Labute approximate surface area is 258 Å². The van der Waals surface area contributed by atoms with Crippen LogP contribution in [0, 0.1) is 0 Å². The number of hydrogen-bond donors (Lipinski definition) is 1. The van der Waals surface area contributed by atoms with Crippen LogP contribution in [-0.4, -0.2) is 4.98 Å². The monoisotopic (exact) mass is 566 g/mol. The van der Waals surface area contributed by atoms with Gasteiger partial charge in [0.1, 0.15) is 0 Å². The van der Waals surface area contributed by atoms with E-state index in [1.54, 1.807) is 0 Å². The normalized spacial score (nSPS) is 12.0. The summed E-state index contributed by atoms with van der Waals surface area (Å²) in [6, 6.07) is 53.1. The highest BCUT2D eigenvalue weighted by Crippen LogP contribution is 2.48. The minimum absolute atomic E-state index is 0.106. The molecule has 0 bridgehead atoms. The third-order valence-electron chi connectivity index (χ3n) is 8.93. The fraction of sp³-hybridized carbons (Fsp3) is 0.0952. The maximum absolute atomic E-state index is 3.60. The van der Waals surface area contributed by atoms with Crippen LogP contribution in [-0.2, 0) is 5.41 Å². The van der Waals surface area contributed by atoms with Crippen LogP contribution >= 0.6 is 0 Å². The number of H-pyrrole nitrogens is 1. The molecule has 0 amide bonds. The van der Waals surface area contributed by atoms with Crippen molar-refractivity contribution in [3.05, 3.63) is 151 Å². The number of para-hydroxylation sites is 2. The maximum Gasteiger partial charge on any atom is 0.0618 e. The number of benzene rings is 7. The van der Waals surface area contributed by atoms with Gasteiger partial charge in [0.05, 0.1) is 5.69 Å². The Morgan fingerprint density at radius 1 is 0.455 bits per heavy atom. The molecule has 2 heteroatoms. The summed E-state index contributed by atoms with van der Waals surface area (Å²) >= 11 is 0. The lowest BCUT2D eigenvalue weighted by Crippen LogP contribution is -2.11. The Hall–Kier alpha value is -5.34. The molecule has 1 aromatic heterocycles. The molecule has 2 nitrogen and oxygen atoms in total.